The van der Waals surface area contributed by atoms with Crippen molar-refractivity contribution in [1.29, 1.82) is 0 Å². The fourth-order valence-electron chi connectivity index (χ4n) is 1.69. The summed E-state index contributed by atoms with van der Waals surface area (Å²) in [5.41, 5.74) is 13.4. The summed E-state index contributed by atoms with van der Waals surface area (Å²) in [6.45, 7) is 5.82. The maximum atomic E-state index is 10.2. The van der Waals surface area contributed by atoms with Crippen molar-refractivity contribution in [2.24, 2.45) is 11.1 Å². The predicted octanol–water partition coefficient (Wildman–Crippen LogP) is 1.17. The minimum absolute atomic E-state index is 0.102. The molecule has 96 valence electrons. The van der Waals surface area contributed by atoms with Gasteiger partial charge < -0.3 is 21.7 Å². The van der Waals surface area contributed by atoms with Gasteiger partial charge in [-0.15, -0.1) is 0 Å². The smallest absolute Gasteiger partial charge is 0.0946 e. The molecule has 2 unspecified atom stereocenters. The number of hydrogen-bond donors (Lipinski definition) is 4. The number of rotatable bonds is 3. The summed E-state index contributed by atoms with van der Waals surface area (Å²) in [6, 6.07) is 4.71. The van der Waals surface area contributed by atoms with Crippen LogP contribution in [0.15, 0.2) is 18.2 Å². The van der Waals surface area contributed by atoms with Crippen LogP contribution in [0.4, 0.5) is 5.69 Å². The van der Waals surface area contributed by atoms with Crippen LogP contribution in [0.3, 0.4) is 0 Å². The molecule has 0 heterocycles. The molecule has 0 radical (unpaired) electrons. The van der Waals surface area contributed by atoms with Crippen LogP contribution >= 0.6 is 0 Å². The Bertz CT molecular complexity index is 385. The summed E-state index contributed by atoms with van der Waals surface area (Å²) in [5, 5.41) is 19.3. The van der Waals surface area contributed by atoms with E-state index in [9.17, 15) is 5.11 Å². The molecule has 1 aromatic rings. The monoisotopic (exact) mass is 238 g/mol. The van der Waals surface area contributed by atoms with Gasteiger partial charge in [-0.1, -0.05) is 26.8 Å². The number of benzene rings is 1. The molecule has 0 aliphatic heterocycles. The lowest BCUT2D eigenvalue weighted by molar-refractivity contribution is 0.0925. The normalized spacial score (nSPS) is 15.6. The Morgan fingerprint density at radius 1 is 1.24 bits per heavy atom. The van der Waals surface area contributed by atoms with E-state index >= 15 is 0 Å². The van der Waals surface area contributed by atoms with Crippen LogP contribution in [0, 0.1) is 5.41 Å². The van der Waals surface area contributed by atoms with Crippen molar-refractivity contribution in [2.75, 3.05) is 5.73 Å². The summed E-state index contributed by atoms with van der Waals surface area (Å²) in [5.74, 6) is 0. The van der Waals surface area contributed by atoms with Crippen molar-refractivity contribution in [2.45, 2.75) is 39.5 Å². The average Bonchev–Trinajstić information content (AvgIpc) is 2.24. The lowest BCUT2D eigenvalue weighted by Crippen LogP contribution is -2.40. The molecule has 6 N–H and O–H groups in total. The van der Waals surface area contributed by atoms with Gasteiger partial charge in [-0.2, -0.15) is 0 Å². The summed E-state index contributed by atoms with van der Waals surface area (Å²) in [7, 11) is 0. The lowest BCUT2D eigenvalue weighted by atomic mass is 9.81. The first-order valence-corrected chi connectivity index (χ1v) is 5.69. The molecular weight excluding hydrogens is 216 g/mol. The molecule has 1 aromatic carbocycles. The number of nitrogens with two attached hydrogens (primary N) is 2. The van der Waals surface area contributed by atoms with Gasteiger partial charge in [0.2, 0.25) is 0 Å². The number of anilines is 1. The first-order valence-electron chi connectivity index (χ1n) is 5.69. The van der Waals surface area contributed by atoms with Crippen molar-refractivity contribution < 1.29 is 10.2 Å². The van der Waals surface area contributed by atoms with Crippen molar-refractivity contribution in [3.63, 3.8) is 0 Å². The third-order valence-electron chi connectivity index (χ3n) is 2.90. The quantitative estimate of drug-likeness (QED) is 0.595. The summed E-state index contributed by atoms with van der Waals surface area (Å²) < 4.78 is 0. The van der Waals surface area contributed by atoms with Crippen LogP contribution in [0.2, 0.25) is 0 Å². The molecule has 4 nitrogen and oxygen atoms in total. The molecule has 17 heavy (non-hydrogen) atoms. The molecule has 0 bridgehead atoms. The Labute approximate surface area is 102 Å². The van der Waals surface area contributed by atoms with Gasteiger partial charge in [-0.25, -0.2) is 0 Å². The Morgan fingerprint density at radius 3 is 2.29 bits per heavy atom. The van der Waals surface area contributed by atoms with E-state index in [0.29, 0.717) is 16.8 Å². The minimum atomic E-state index is -0.788. The fourth-order valence-corrected chi connectivity index (χ4v) is 1.69. The molecule has 0 aliphatic rings. The molecule has 0 saturated heterocycles. The lowest BCUT2D eigenvalue weighted by Gasteiger charge is -2.31. The van der Waals surface area contributed by atoms with E-state index in [1.165, 1.54) is 0 Å². The zero-order chi connectivity index (χ0) is 13.2. The van der Waals surface area contributed by atoms with E-state index < -0.39 is 12.1 Å². The highest BCUT2D eigenvalue weighted by Crippen LogP contribution is 2.29. The van der Waals surface area contributed by atoms with E-state index in [0.717, 1.165) is 0 Å². The number of aliphatic hydroxyl groups excluding tert-OH is 2. The summed E-state index contributed by atoms with van der Waals surface area (Å²) in [6.07, 6.45) is -0.788. The first-order chi connectivity index (χ1) is 7.75. The van der Waals surface area contributed by atoms with Crippen LogP contribution < -0.4 is 11.5 Å². The summed E-state index contributed by atoms with van der Waals surface area (Å²) >= 11 is 0. The third kappa shape index (κ3) is 3.43. The maximum Gasteiger partial charge on any atom is 0.0946 e. The van der Waals surface area contributed by atoms with Crippen LogP contribution in [0.25, 0.3) is 0 Å². The van der Waals surface area contributed by atoms with E-state index in [1.807, 2.05) is 20.8 Å². The second kappa shape index (κ2) is 5.04. The molecule has 0 spiro atoms. The third-order valence-corrected chi connectivity index (χ3v) is 2.90. The van der Waals surface area contributed by atoms with Gasteiger partial charge in [-0.05, 0) is 28.7 Å². The van der Waals surface area contributed by atoms with Gasteiger partial charge in [0, 0.05) is 11.7 Å². The molecule has 4 heteroatoms. The van der Waals surface area contributed by atoms with Crippen molar-refractivity contribution >= 4 is 5.69 Å². The Balaban J connectivity index is 3.03. The Morgan fingerprint density at radius 2 is 1.82 bits per heavy atom. The molecule has 0 aliphatic carbocycles. The van der Waals surface area contributed by atoms with Crippen molar-refractivity contribution in [3.8, 4) is 0 Å². The van der Waals surface area contributed by atoms with Crippen molar-refractivity contribution in [1.82, 2.24) is 0 Å². The van der Waals surface area contributed by atoms with E-state index in [1.54, 1.807) is 18.2 Å². The van der Waals surface area contributed by atoms with Crippen LogP contribution in [-0.2, 0) is 6.61 Å². The van der Waals surface area contributed by atoms with Gasteiger partial charge in [0.1, 0.15) is 0 Å². The molecule has 1 rings (SSSR count). The molecule has 0 saturated carbocycles. The highest BCUT2D eigenvalue weighted by atomic mass is 16.3. The average molecular weight is 238 g/mol. The van der Waals surface area contributed by atoms with E-state index in [4.69, 9.17) is 16.6 Å². The van der Waals surface area contributed by atoms with E-state index in [2.05, 4.69) is 0 Å². The van der Waals surface area contributed by atoms with Gasteiger partial charge >= 0.3 is 0 Å². The van der Waals surface area contributed by atoms with Crippen LogP contribution in [0.1, 0.15) is 38.0 Å². The van der Waals surface area contributed by atoms with Gasteiger partial charge in [-0.3, -0.25) is 0 Å². The van der Waals surface area contributed by atoms with Gasteiger partial charge in [0.15, 0.2) is 0 Å². The largest absolute Gasteiger partial charge is 0.399 e. The Kier molecular flexibility index (Phi) is 4.14. The molecule has 0 amide bonds. The molecule has 0 fully saturated rings. The maximum absolute atomic E-state index is 10.2. The predicted molar refractivity (Wildman–Crippen MR) is 69.2 cm³/mol. The van der Waals surface area contributed by atoms with Crippen molar-refractivity contribution in [3.05, 3.63) is 29.3 Å². The summed E-state index contributed by atoms with van der Waals surface area (Å²) in [4.78, 5) is 0. The molecule has 2 atom stereocenters. The minimum Gasteiger partial charge on any atom is -0.399 e. The van der Waals surface area contributed by atoms with Gasteiger partial charge in [0.05, 0.1) is 12.7 Å². The number of hydrogen-bond acceptors (Lipinski definition) is 4. The Hall–Kier alpha value is -1.10. The highest BCUT2D eigenvalue weighted by molar-refractivity contribution is 5.45. The molecule has 0 aromatic heterocycles. The highest BCUT2D eigenvalue weighted by Gasteiger charge is 2.28. The van der Waals surface area contributed by atoms with Crippen LogP contribution in [0.5, 0.6) is 0 Å². The molecular formula is C13H22N2O2. The first kappa shape index (κ1) is 14.0. The zero-order valence-corrected chi connectivity index (χ0v) is 10.6. The standard InChI is InChI=1S/C13H22N2O2/c1-13(2,3)12(15)11(17)9-4-8(7-16)5-10(14)6-9/h4-6,11-12,16-17H,7,14-15H2,1-3H3. The second-order valence-corrected chi connectivity index (χ2v) is 5.50. The second-order valence-electron chi connectivity index (χ2n) is 5.50. The van der Waals surface area contributed by atoms with E-state index in [-0.39, 0.29) is 12.0 Å². The topological polar surface area (TPSA) is 92.5 Å². The van der Waals surface area contributed by atoms with Crippen LogP contribution in [-0.4, -0.2) is 16.3 Å². The fraction of sp³-hybridized carbons (Fsp3) is 0.538. The SMILES string of the molecule is CC(C)(C)C(N)C(O)c1cc(N)cc(CO)c1. The zero-order valence-electron chi connectivity index (χ0n) is 10.6. The van der Waals surface area contributed by atoms with Gasteiger partial charge in [0.25, 0.3) is 0 Å². The number of aliphatic hydroxyl groups is 2. The number of nitrogen functional groups attached to an aromatic ring is 1.